The SMILES string of the molecule is COc1ccc(CCN2CC(O)=C(c3nc4ccc(OC)cc4[nH]3)C2=N)cc1. The van der Waals surface area contributed by atoms with Gasteiger partial charge in [-0.2, -0.15) is 0 Å². The number of methoxy groups -OCH3 is 2. The van der Waals surface area contributed by atoms with E-state index in [1.807, 2.05) is 47.4 Å². The number of fused-ring (bicyclic) bond motifs is 1. The lowest BCUT2D eigenvalue weighted by Crippen LogP contribution is -2.29. The van der Waals surface area contributed by atoms with Crippen LogP contribution in [-0.4, -0.2) is 53.1 Å². The number of nitrogens with zero attached hydrogens (tertiary/aromatic N) is 2. The molecule has 144 valence electrons. The highest BCUT2D eigenvalue weighted by atomic mass is 16.5. The van der Waals surface area contributed by atoms with E-state index >= 15 is 0 Å². The maximum atomic E-state index is 10.5. The zero-order valence-corrected chi connectivity index (χ0v) is 15.8. The summed E-state index contributed by atoms with van der Waals surface area (Å²) in [5, 5.41) is 19.0. The molecule has 2 aromatic carbocycles. The van der Waals surface area contributed by atoms with Crippen molar-refractivity contribution >= 4 is 22.4 Å². The third kappa shape index (κ3) is 3.26. The van der Waals surface area contributed by atoms with E-state index in [2.05, 4.69) is 9.97 Å². The van der Waals surface area contributed by atoms with Crippen molar-refractivity contribution in [3.63, 3.8) is 0 Å². The molecule has 7 heteroatoms. The topological polar surface area (TPSA) is 94.5 Å². The Bertz CT molecular complexity index is 1050. The largest absolute Gasteiger partial charge is 0.510 e. The number of hydrogen-bond acceptors (Lipinski definition) is 5. The highest BCUT2D eigenvalue weighted by Gasteiger charge is 2.30. The smallest absolute Gasteiger partial charge is 0.145 e. The molecule has 0 aliphatic carbocycles. The molecule has 0 unspecified atom stereocenters. The molecular weight excluding hydrogens is 356 g/mol. The van der Waals surface area contributed by atoms with Gasteiger partial charge < -0.3 is 24.5 Å². The van der Waals surface area contributed by atoms with Crippen molar-refractivity contribution < 1.29 is 14.6 Å². The Hall–Kier alpha value is -3.48. The minimum Gasteiger partial charge on any atom is -0.510 e. The van der Waals surface area contributed by atoms with Gasteiger partial charge in [0.2, 0.25) is 0 Å². The van der Waals surface area contributed by atoms with Crippen molar-refractivity contribution in [2.24, 2.45) is 0 Å². The number of hydrogen-bond donors (Lipinski definition) is 3. The first-order valence-electron chi connectivity index (χ1n) is 9.02. The van der Waals surface area contributed by atoms with Crippen LogP contribution in [0.3, 0.4) is 0 Å². The monoisotopic (exact) mass is 378 g/mol. The molecule has 28 heavy (non-hydrogen) atoms. The molecule has 1 aliphatic rings. The summed E-state index contributed by atoms with van der Waals surface area (Å²) in [6.45, 7) is 0.942. The van der Waals surface area contributed by atoms with Crippen molar-refractivity contribution in [3.8, 4) is 11.5 Å². The molecule has 1 aromatic heterocycles. The van der Waals surface area contributed by atoms with Gasteiger partial charge in [0.05, 0.1) is 37.4 Å². The predicted octanol–water partition coefficient (Wildman–Crippen LogP) is 3.38. The maximum absolute atomic E-state index is 10.5. The standard InChI is InChI=1S/C21H22N4O3/c1-27-14-5-3-13(4-6-14)9-10-25-12-18(26)19(20(25)22)21-23-16-8-7-15(28-2)11-17(16)24-21/h3-8,11,22,26H,9-10,12H2,1-2H3,(H,23,24). The van der Waals surface area contributed by atoms with E-state index in [1.165, 1.54) is 0 Å². The van der Waals surface area contributed by atoms with E-state index in [0.29, 0.717) is 24.5 Å². The third-order valence-corrected chi connectivity index (χ3v) is 4.94. The number of rotatable bonds is 6. The van der Waals surface area contributed by atoms with E-state index in [0.717, 1.165) is 34.5 Å². The average molecular weight is 378 g/mol. The number of aromatic nitrogens is 2. The highest BCUT2D eigenvalue weighted by Crippen LogP contribution is 2.28. The summed E-state index contributed by atoms with van der Waals surface area (Å²) in [5.41, 5.74) is 3.17. The second-order valence-electron chi connectivity index (χ2n) is 6.66. The fourth-order valence-electron chi connectivity index (χ4n) is 3.36. The van der Waals surface area contributed by atoms with Crippen LogP contribution in [0.25, 0.3) is 16.6 Å². The molecule has 0 bridgehead atoms. The van der Waals surface area contributed by atoms with Crippen LogP contribution < -0.4 is 9.47 Å². The van der Waals surface area contributed by atoms with Crippen LogP contribution in [-0.2, 0) is 6.42 Å². The van der Waals surface area contributed by atoms with Crippen LogP contribution in [0, 0.1) is 5.41 Å². The number of nitrogens with one attached hydrogen (secondary N) is 2. The van der Waals surface area contributed by atoms with Gasteiger partial charge in [0.25, 0.3) is 0 Å². The van der Waals surface area contributed by atoms with Gasteiger partial charge >= 0.3 is 0 Å². The fourth-order valence-corrected chi connectivity index (χ4v) is 3.36. The zero-order chi connectivity index (χ0) is 19.7. The van der Waals surface area contributed by atoms with Gasteiger partial charge in [-0.25, -0.2) is 4.98 Å². The maximum Gasteiger partial charge on any atom is 0.145 e. The summed E-state index contributed by atoms with van der Waals surface area (Å²) >= 11 is 0. The molecule has 0 amide bonds. The number of aliphatic hydroxyl groups is 1. The van der Waals surface area contributed by atoms with Crippen LogP contribution >= 0.6 is 0 Å². The van der Waals surface area contributed by atoms with Crippen molar-refractivity contribution in [3.05, 3.63) is 59.6 Å². The number of aromatic amines is 1. The Morgan fingerprint density at radius 1 is 1.11 bits per heavy atom. The van der Waals surface area contributed by atoms with Crippen LogP contribution in [0.4, 0.5) is 0 Å². The Balaban J connectivity index is 1.50. The number of H-pyrrole nitrogens is 1. The average Bonchev–Trinajstić information content (AvgIpc) is 3.25. The summed E-state index contributed by atoms with van der Waals surface area (Å²) in [5.74, 6) is 2.48. The van der Waals surface area contributed by atoms with Crippen molar-refractivity contribution in [2.45, 2.75) is 6.42 Å². The fraction of sp³-hybridized carbons (Fsp3) is 0.238. The van der Waals surface area contributed by atoms with E-state index in [4.69, 9.17) is 14.9 Å². The van der Waals surface area contributed by atoms with Gasteiger partial charge in [-0.05, 0) is 36.2 Å². The lowest BCUT2D eigenvalue weighted by molar-refractivity contribution is 0.351. The number of aliphatic hydroxyl groups excluding tert-OH is 1. The van der Waals surface area contributed by atoms with E-state index in [-0.39, 0.29) is 11.6 Å². The van der Waals surface area contributed by atoms with Crippen LogP contribution in [0.1, 0.15) is 11.4 Å². The van der Waals surface area contributed by atoms with Gasteiger partial charge in [0.15, 0.2) is 0 Å². The van der Waals surface area contributed by atoms with Crippen molar-refractivity contribution in [1.29, 1.82) is 5.41 Å². The van der Waals surface area contributed by atoms with Gasteiger partial charge in [-0.1, -0.05) is 12.1 Å². The molecule has 4 rings (SSSR count). The minimum atomic E-state index is 0.158. The quantitative estimate of drug-likeness (QED) is 0.611. The van der Waals surface area contributed by atoms with Gasteiger partial charge in [-0.3, -0.25) is 5.41 Å². The minimum absolute atomic E-state index is 0.158. The summed E-state index contributed by atoms with van der Waals surface area (Å²) in [6.07, 6.45) is 0.768. The molecule has 3 N–H and O–H groups in total. The lowest BCUT2D eigenvalue weighted by Gasteiger charge is -2.18. The molecule has 0 spiro atoms. The highest BCUT2D eigenvalue weighted by molar-refractivity contribution is 6.23. The summed E-state index contributed by atoms with van der Waals surface area (Å²) < 4.78 is 10.4. The lowest BCUT2D eigenvalue weighted by atomic mass is 10.1. The molecule has 3 aromatic rings. The molecule has 0 saturated carbocycles. The number of benzene rings is 2. The molecule has 2 heterocycles. The summed E-state index contributed by atoms with van der Waals surface area (Å²) in [6, 6.07) is 13.4. The van der Waals surface area contributed by atoms with Crippen LogP contribution in [0.15, 0.2) is 48.2 Å². The van der Waals surface area contributed by atoms with Gasteiger partial charge in [0, 0.05) is 12.6 Å². The van der Waals surface area contributed by atoms with Crippen molar-refractivity contribution in [2.75, 3.05) is 27.3 Å². The number of imidazole rings is 1. The van der Waals surface area contributed by atoms with Gasteiger partial charge in [0.1, 0.15) is 28.9 Å². The Morgan fingerprint density at radius 3 is 2.54 bits per heavy atom. The molecule has 0 saturated heterocycles. The molecule has 0 radical (unpaired) electrons. The molecular formula is C21H22N4O3. The molecule has 1 aliphatic heterocycles. The Labute approximate surface area is 162 Å². The number of amidine groups is 1. The van der Waals surface area contributed by atoms with E-state index in [9.17, 15) is 5.11 Å². The number of ether oxygens (including phenoxy) is 2. The van der Waals surface area contributed by atoms with Crippen LogP contribution in [0.5, 0.6) is 11.5 Å². The first kappa shape index (κ1) is 17.9. The zero-order valence-electron chi connectivity index (χ0n) is 15.8. The first-order chi connectivity index (χ1) is 13.6. The van der Waals surface area contributed by atoms with Crippen molar-refractivity contribution in [1.82, 2.24) is 14.9 Å². The summed E-state index contributed by atoms with van der Waals surface area (Å²) in [4.78, 5) is 9.57. The Morgan fingerprint density at radius 2 is 1.82 bits per heavy atom. The van der Waals surface area contributed by atoms with E-state index in [1.54, 1.807) is 14.2 Å². The van der Waals surface area contributed by atoms with Gasteiger partial charge in [-0.15, -0.1) is 0 Å². The van der Waals surface area contributed by atoms with E-state index < -0.39 is 0 Å². The Kier molecular flexibility index (Phi) is 4.65. The second kappa shape index (κ2) is 7.26. The normalized spacial score (nSPS) is 14.2. The second-order valence-corrected chi connectivity index (χ2v) is 6.66. The van der Waals surface area contributed by atoms with Crippen LogP contribution in [0.2, 0.25) is 0 Å². The molecule has 0 atom stereocenters. The molecule has 0 fully saturated rings. The molecule has 7 nitrogen and oxygen atoms in total. The third-order valence-electron chi connectivity index (χ3n) is 4.94. The summed E-state index contributed by atoms with van der Waals surface area (Å²) in [7, 11) is 3.25. The predicted molar refractivity (Wildman–Crippen MR) is 108 cm³/mol. The first-order valence-corrected chi connectivity index (χ1v) is 9.02.